The molecule has 1 aromatic heterocycles. The van der Waals surface area contributed by atoms with Crippen molar-refractivity contribution in [3.05, 3.63) is 60.2 Å². The zero-order valence-electron chi connectivity index (χ0n) is 21.0. The second kappa shape index (κ2) is 13.0. The van der Waals surface area contributed by atoms with Crippen molar-refractivity contribution >= 4 is 0 Å². The van der Waals surface area contributed by atoms with Gasteiger partial charge in [0.1, 0.15) is 12.3 Å². The smallest absolute Gasteiger partial charge is 0.222 e. The molecule has 0 amide bonds. The van der Waals surface area contributed by atoms with Gasteiger partial charge in [-0.3, -0.25) is 4.90 Å². The number of nitrogens with zero attached hydrogens (tertiary/aromatic N) is 3. The molecule has 1 heterocycles. The van der Waals surface area contributed by atoms with Crippen molar-refractivity contribution in [2.75, 3.05) is 26.9 Å². The normalized spacial score (nSPS) is 12.8. The van der Waals surface area contributed by atoms with Crippen LogP contribution in [0.5, 0.6) is 17.4 Å². The monoisotopic (exact) mass is 477 g/mol. The third-order valence-electron chi connectivity index (χ3n) is 5.93. The van der Waals surface area contributed by atoms with Gasteiger partial charge in [-0.15, -0.1) is 6.42 Å². The second-order valence-electron chi connectivity index (χ2n) is 8.43. The Balaban J connectivity index is 2.00. The van der Waals surface area contributed by atoms with Gasteiger partial charge in [-0.25, -0.2) is 4.68 Å². The van der Waals surface area contributed by atoms with Crippen LogP contribution in [0.4, 0.5) is 0 Å². The molecule has 35 heavy (non-hydrogen) atoms. The number of terminal acetylenes is 1. The highest BCUT2D eigenvalue weighted by Crippen LogP contribution is 2.37. The molecule has 3 aromatic rings. The van der Waals surface area contributed by atoms with E-state index in [1.165, 1.54) is 0 Å². The minimum Gasteiger partial charge on any atom is -0.493 e. The highest BCUT2D eigenvalue weighted by atomic mass is 16.5. The predicted octanol–water partition coefficient (Wildman–Crippen LogP) is 4.50. The number of hydrogen-bond acceptors (Lipinski definition) is 6. The van der Waals surface area contributed by atoms with Crippen LogP contribution in [0.15, 0.2) is 54.6 Å². The van der Waals surface area contributed by atoms with E-state index in [0.717, 1.165) is 23.2 Å². The summed E-state index contributed by atoms with van der Waals surface area (Å²) in [5, 5.41) is 15.5. The number of rotatable bonds is 13. The summed E-state index contributed by atoms with van der Waals surface area (Å²) < 4.78 is 19.0. The molecule has 0 aliphatic rings. The minimum absolute atomic E-state index is 0.179. The molecule has 0 saturated heterocycles. The van der Waals surface area contributed by atoms with Crippen molar-refractivity contribution in [1.82, 2.24) is 14.7 Å². The van der Waals surface area contributed by atoms with Crippen molar-refractivity contribution in [3.63, 3.8) is 0 Å². The standard InChI is InChI=1S/C28H35N3O4/c1-6-17-34-20-23(32)18-31(21(3)7-2)19-24-27(22-13-9-8-10-14-22)29-30(4)28(24)35-26-16-12-11-15-25(26)33-5/h1,8-16,21,23,32H,7,17-20H2,2-5H3/t21-,23-/m0/s1. The maximum absolute atomic E-state index is 10.6. The number of aryl methyl sites for hydroxylation is 1. The SMILES string of the molecule is C#CCOC[C@@H](O)CN(Cc1c(-c2ccccc2)nn(C)c1Oc1ccccc1OC)[C@@H](C)CC. The van der Waals surface area contributed by atoms with Crippen molar-refractivity contribution < 1.29 is 19.3 Å². The molecule has 1 N–H and O–H groups in total. The minimum atomic E-state index is -0.673. The van der Waals surface area contributed by atoms with E-state index in [1.54, 1.807) is 11.8 Å². The molecule has 186 valence electrons. The quantitative estimate of drug-likeness (QED) is 0.289. The van der Waals surface area contributed by atoms with E-state index in [2.05, 4.69) is 24.7 Å². The van der Waals surface area contributed by atoms with Gasteiger partial charge in [-0.05, 0) is 25.5 Å². The Morgan fingerprint density at radius 1 is 1.11 bits per heavy atom. The van der Waals surface area contributed by atoms with E-state index in [-0.39, 0.29) is 19.3 Å². The lowest BCUT2D eigenvalue weighted by Gasteiger charge is -2.30. The fraction of sp³-hybridized carbons (Fsp3) is 0.393. The molecule has 3 rings (SSSR count). The number of aromatic nitrogens is 2. The Bertz CT molecular complexity index is 1110. The lowest BCUT2D eigenvalue weighted by molar-refractivity contribution is 0.0169. The average Bonchev–Trinajstić information content (AvgIpc) is 3.18. The largest absolute Gasteiger partial charge is 0.493 e. The van der Waals surface area contributed by atoms with Gasteiger partial charge in [0.05, 0.1) is 25.4 Å². The Morgan fingerprint density at radius 2 is 1.80 bits per heavy atom. The Labute approximate surface area is 208 Å². The number of aliphatic hydroxyl groups is 1. The first kappa shape index (κ1) is 26.3. The first-order chi connectivity index (χ1) is 17.0. The molecule has 0 saturated carbocycles. The highest BCUT2D eigenvalue weighted by Gasteiger charge is 2.26. The summed E-state index contributed by atoms with van der Waals surface area (Å²) >= 11 is 0. The summed E-state index contributed by atoms with van der Waals surface area (Å²) in [6.45, 7) is 5.60. The first-order valence-corrected chi connectivity index (χ1v) is 11.8. The third-order valence-corrected chi connectivity index (χ3v) is 5.93. The van der Waals surface area contributed by atoms with Crippen molar-refractivity contribution in [2.24, 2.45) is 7.05 Å². The maximum atomic E-state index is 10.6. The van der Waals surface area contributed by atoms with Gasteiger partial charge in [0, 0.05) is 31.7 Å². The Hall–Kier alpha value is -3.31. The van der Waals surface area contributed by atoms with E-state index in [1.807, 2.05) is 61.6 Å². The summed E-state index contributed by atoms with van der Waals surface area (Å²) in [6, 6.07) is 17.8. The van der Waals surface area contributed by atoms with E-state index in [4.69, 9.17) is 25.7 Å². The molecule has 0 fully saturated rings. The molecule has 0 aliphatic carbocycles. The van der Waals surface area contributed by atoms with Crippen LogP contribution in [0.1, 0.15) is 25.8 Å². The fourth-order valence-corrected chi connectivity index (χ4v) is 3.90. The second-order valence-corrected chi connectivity index (χ2v) is 8.43. The van der Waals surface area contributed by atoms with Gasteiger partial charge in [-0.1, -0.05) is 55.3 Å². The van der Waals surface area contributed by atoms with Gasteiger partial charge in [0.15, 0.2) is 11.5 Å². The fourth-order valence-electron chi connectivity index (χ4n) is 3.90. The Morgan fingerprint density at radius 3 is 2.46 bits per heavy atom. The number of hydrogen-bond donors (Lipinski definition) is 1. The summed E-state index contributed by atoms with van der Waals surface area (Å²) in [6.07, 6.45) is 5.51. The predicted molar refractivity (Wildman–Crippen MR) is 138 cm³/mol. The van der Waals surface area contributed by atoms with Crippen molar-refractivity contribution in [1.29, 1.82) is 0 Å². The van der Waals surface area contributed by atoms with Crippen LogP contribution in [0.3, 0.4) is 0 Å². The highest BCUT2D eigenvalue weighted by molar-refractivity contribution is 5.66. The van der Waals surface area contributed by atoms with Crippen LogP contribution in [0.2, 0.25) is 0 Å². The molecule has 0 unspecified atom stereocenters. The van der Waals surface area contributed by atoms with Crippen LogP contribution >= 0.6 is 0 Å². The Kier molecular flexibility index (Phi) is 9.74. The van der Waals surface area contributed by atoms with E-state index in [0.29, 0.717) is 30.5 Å². The molecule has 0 bridgehead atoms. The molecule has 2 aromatic carbocycles. The van der Waals surface area contributed by atoms with Gasteiger partial charge in [0.2, 0.25) is 5.88 Å². The first-order valence-electron chi connectivity index (χ1n) is 11.8. The van der Waals surface area contributed by atoms with E-state index in [9.17, 15) is 5.11 Å². The van der Waals surface area contributed by atoms with E-state index < -0.39 is 6.10 Å². The van der Waals surface area contributed by atoms with Gasteiger partial charge >= 0.3 is 0 Å². The molecular weight excluding hydrogens is 442 g/mol. The summed E-state index contributed by atoms with van der Waals surface area (Å²) in [5.41, 5.74) is 2.76. The van der Waals surface area contributed by atoms with Crippen molar-refractivity contribution in [3.8, 4) is 41.0 Å². The lowest BCUT2D eigenvalue weighted by Crippen LogP contribution is -2.40. The van der Waals surface area contributed by atoms with Crippen molar-refractivity contribution in [2.45, 2.75) is 39.0 Å². The van der Waals surface area contributed by atoms with Gasteiger partial charge in [-0.2, -0.15) is 5.10 Å². The van der Waals surface area contributed by atoms with Crippen LogP contribution in [-0.4, -0.2) is 58.8 Å². The zero-order chi connectivity index (χ0) is 25.2. The van der Waals surface area contributed by atoms with E-state index >= 15 is 0 Å². The van der Waals surface area contributed by atoms with Gasteiger partial charge in [0.25, 0.3) is 0 Å². The maximum Gasteiger partial charge on any atom is 0.222 e. The molecule has 7 nitrogen and oxygen atoms in total. The third kappa shape index (κ3) is 6.86. The molecule has 7 heteroatoms. The number of ether oxygens (including phenoxy) is 3. The molecule has 0 radical (unpaired) electrons. The van der Waals surface area contributed by atoms with Crippen LogP contribution in [0.25, 0.3) is 11.3 Å². The molecule has 2 atom stereocenters. The number of benzene rings is 2. The van der Waals surface area contributed by atoms with Crippen LogP contribution in [0, 0.1) is 12.3 Å². The lowest BCUT2D eigenvalue weighted by atomic mass is 10.1. The molecular formula is C28H35N3O4. The summed E-state index contributed by atoms with van der Waals surface area (Å²) in [7, 11) is 3.49. The molecule has 0 aliphatic heterocycles. The van der Waals surface area contributed by atoms with Crippen LogP contribution in [-0.2, 0) is 18.3 Å². The summed E-state index contributed by atoms with van der Waals surface area (Å²) in [5.74, 6) is 4.31. The topological polar surface area (TPSA) is 69.0 Å². The van der Waals surface area contributed by atoms with Crippen LogP contribution < -0.4 is 9.47 Å². The van der Waals surface area contributed by atoms with Gasteiger partial charge < -0.3 is 19.3 Å². The number of aliphatic hydroxyl groups excluding tert-OH is 1. The average molecular weight is 478 g/mol. The zero-order valence-corrected chi connectivity index (χ0v) is 21.0. The number of methoxy groups -OCH3 is 1. The number of para-hydroxylation sites is 2. The molecule has 0 spiro atoms. The summed E-state index contributed by atoms with van der Waals surface area (Å²) in [4.78, 5) is 2.22.